The molecule has 2 aliphatic heterocycles. The van der Waals surface area contributed by atoms with Gasteiger partial charge in [-0.15, -0.1) is 0 Å². The summed E-state index contributed by atoms with van der Waals surface area (Å²) in [7, 11) is 0. The Bertz CT molecular complexity index is 898. The fourth-order valence-corrected chi connectivity index (χ4v) is 3.36. The molecule has 0 unspecified atom stereocenters. The van der Waals surface area contributed by atoms with Crippen LogP contribution in [0.5, 0.6) is 23.0 Å². The van der Waals surface area contributed by atoms with Crippen LogP contribution in [0.2, 0.25) is 0 Å². The Labute approximate surface area is 172 Å². The molecule has 2 aromatic carbocycles. The number of ether oxygens (including phenoxy) is 4. The van der Waals surface area contributed by atoms with Gasteiger partial charge in [0.15, 0.2) is 23.0 Å². The number of hydrogen-bond donors (Lipinski definition) is 0. The average molecular weight is 418 g/mol. The lowest BCUT2D eigenvalue weighted by Crippen LogP contribution is -2.17. The van der Waals surface area contributed by atoms with Gasteiger partial charge in [0, 0.05) is 17.0 Å². The molecule has 0 aromatic heterocycles. The van der Waals surface area contributed by atoms with E-state index >= 15 is 0 Å². The van der Waals surface area contributed by atoms with E-state index in [9.17, 15) is 20.2 Å². The van der Waals surface area contributed by atoms with E-state index in [1.165, 1.54) is 24.3 Å². The minimum absolute atomic E-state index is 0.194. The number of nitrogens with zero attached hydrogens (tertiary/aromatic N) is 2. The van der Waals surface area contributed by atoms with Gasteiger partial charge in [0.05, 0.1) is 22.0 Å². The predicted molar refractivity (Wildman–Crippen MR) is 107 cm³/mol. The fourth-order valence-electron chi connectivity index (χ4n) is 3.36. The third-order valence-electron chi connectivity index (χ3n) is 4.71. The van der Waals surface area contributed by atoms with Crippen molar-refractivity contribution < 1.29 is 28.8 Å². The summed E-state index contributed by atoms with van der Waals surface area (Å²) >= 11 is 0. The van der Waals surface area contributed by atoms with E-state index in [0.717, 1.165) is 0 Å². The van der Waals surface area contributed by atoms with Crippen molar-refractivity contribution in [2.45, 2.75) is 26.7 Å². The second-order valence-corrected chi connectivity index (χ2v) is 6.35. The summed E-state index contributed by atoms with van der Waals surface area (Å²) in [5, 5.41) is 23.3. The monoisotopic (exact) mass is 418 g/mol. The van der Waals surface area contributed by atoms with Crippen LogP contribution in [-0.2, 0) is 0 Å². The maximum Gasteiger partial charge on any atom is 0.277 e. The molecule has 0 saturated heterocycles. The fraction of sp³-hybridized carbons (Fsp3) is 0.400. The second-order valence-electron chi connectivity index (χ2n) is 6.35. The van der Waals surface area contributed by atoms with Gasteiger partial charge in [-0.2, -0.15) is 0 Å². The first-order valence-electron chi connectivity index (χ1n) is 9.61. The minimum Gasteiger partial charge on any atom is -0.486 e. The normalized spacial score (nSPS) is 13.9. The van der Waals surface area contributed by atoms with E-state index in [-0.39, 0.29) is 34.0 Å². The first-order chi connectivity index (χ1) is 14.5. The molecule has 2 heterocycles. The molecule has 30 heavy (non-hydrogen) atoms. The molecule has 2 aliphatic rings. The van der Waals surface area contributed by atoms with E-state index in [1.54, 1.807) is 6.92 Å². The lowest BCUT2D eigenvalue weighted by Gasteiger charge is -2.22. The number of benzene rings is 2. The van der Waals surface area contributed by atoms with Gasteiger partial charge < -0.3 is 18.9 Å². The number of hydrogen-bond acceptors (Lipinski definition) is 8. The van der Waals surface area contributed by atoms with Gasteiger partial charge in [-0.1, -0.05) is 20.8 Å². The van der Waals surface area contributed by atoms with Gasteiger partial charge in [0.1, 0.15) is 26.4 Å². The van der Waals surface area contributed by atoms with Crippen LogP contribution in [0.4, 0.5) is 11.4 Å². The van der Waals surface area contributed by atoms with Crippen molar-refractivity contribution in [2.24, 2.45) is 0 Å². The molecule has 0 fully saturated rings. The minimum atomic E-state index is -0.674. The molecule has 0 saturated carbocycles. The highest BCUT2D eigenvalue weighted by molar-refractivity contribution is 5.62. The van der Waals surface area contributed by atoms with Crippen LogP contribution in [0.15, 0.2) is 24.3 Å². The molecule has 0 aliphatic carbocycles. The van der Waals surface area contributed by atoms with Crippen LogP contribution >= 0.6 is 0 Å². The maximum atomic E-state index is 11.6. The van der Waals surface area contributed by atoms with Crippen molar-refractivity contribution in [3.8, 4) is 23.0 Å². The number of nitro benzene ring substituents is 2. The van der Waals surface area contributed by atoms with E-state index in [2.05, 4.69) is 0 Å². The third-order valence-corrected chi connectivity index (χ3v) is 4.71. The topological polar surface area (TPSA) is 123 Å². The zero-order valence-corrected chi connectivity index (χ0v) is 16.9. The summed E-state index contributed by atoms with van der Waals surface area (Å²) in [5.74, 6) is 0.640. The van der Waals surface area contributed by atoms with Crippen LogP contribution in [0, 0.1) is 20.2 Å². The Kier molecular flexibility index (Phi) is 6.24. The predicted octanol–water partition coefficient (Wildman–Crippen LogP) is 4.22. The molecule has 0 radical (unpaired) electrons. The summed E-state index contributed by atoms with van der Waals surface area (Å²) < 4.78 is 21.9. The SMILES string of the molecule is CC.CC(c1cc2c(cc1[N+](=O)[O-])OCCO2)c1cc2c(cc1[N+](=O)[O-])OCCO2. The van der Waals surface area contributed by atoms with Gasteiger partial charge in [0.2, 0.25) is 0 Å². The van der Waals surface area contributed by atoms with Crippen molar-refractivity contribution in [1.82, 2.24) is 0 Å². The molecule has 10 heteroatoms. The van der Waals surface area contributed by atoms with Crippen molar-refractivity contribution in [3.63, 3.8) is 0 Å². The Hall–Kier alpha value is -3.56. The number of rotatable bonds is 4. The molecule has 0 atom stereocenters. The third kappa shape index (κ3) is 3.93. The van der Waals surface area contributed by atoms with Gasteiger partial charge >= 0.3 is 0 Å². The quantitative estimate of drug-likeness (QED) is 0.534. The largest absolute Gasteiger partial charge is 0.486 e. The molecule has 4 rings (SSSR count). The van der Waals surface area contributed by atoms with Crippen molar-refractivity contribution in [3.05, 3.63) is 55.6 Å². The van der Waals surface area contributed by atoms with Crippen LogP contribution in [0.25, 0.3) is 0 Å². The number of nitro groups is 2. The molecule has 0 amide bonds. The van der Waals surface area contributed by atoms with Crippen molar-refractivity contribution in [2.75, 3.05) is 26.4 Å². The smallest absolute Gasteiger partial charge is 0.277 e. The van der Waals surface area contributed by atoms with Crippen LogP contribution in [0.3, 0.4) is 0 Å². The van der Waals surface area contributed by atoms with Crippen LogP contribution < -0.4 is 18.9 Å². The zero-order chi connectivity index (χ0) is 21.8. The number of fused-ring (bicyclic) bond motifs is 2. The molecular formula is C20H22N2O8. The molecular weight excluding hydrogens is 396 g/mol. The Morgan fingerprint density at radius 2 is 1.00 bits per heavy atom. The molecule has 160 valence electrons. The van der Waals surface area contributed by atoms with Gasteiger partial charge in [-0.05, 0) is 12.1 Å². The highest BCUT2D eigenvalue weighted by Crippen LogP contribution is 2.45. The summed E-state index contributed by atoms with van der Waals surface area (Å²) in [6.45, 7) is 6.90. The van der Waals surface area contributed by atoms with Crippen LogP contribution in [0.1, 0.15) is 37.8 Å². The molecule has 2 aromatic rings. The Balaban J connectivity index is 0.00000124. The molecule has 0 spiro atoms. The summed E-state index contributed by atoms with van der Waals surface area (Å²) in [6, 6.07) is 5.62. The van der Waals surface area contributed by atoms with Crippen molar-refractivity contribution >= 4 is 11.4 Å². The van der Waals surface area contributed by atoms with Gasteiger partial charge in [0.25, 0.3) is 11.4 Å². The standard InChI is InChI=1S/C18H16N2O8.C2H6/c1-10(11-6-15-17(27-4-2-25-15)8-13(11)19(21)22)12-7-16-18(28-5-3-26-16)9-14(12)20(23)24;1-2/h6-10H,2-5H2,1H3;1-2H3. The van der Waals surface area contributed by atoms with E-state index in [1.807, 2.05) is 13.8 Å². The van der Waals surface area contributed by atoms with E-state index in [0.29, 0.717) is 37.9 Å². The highest BCUT2D eigenvalue weighted by atomic mass is 16.6. The molecule has 0 N–H and O–H groups in total. The average Bonchev–Trinajstić information content (AvgIpc) is 2.78. The van der Waals surface area contributed by atoms with Gasteiger partial charge in [-0.25, -0.2) is 0 Å². The first-order valence-corrected chi connectivity index (χ1v) is 9.61. The Morgan fingerprint density at radius 3 is 1.30 bits per heavy atom. The van der Waals surface area contributed by atoms with Crippen molar-refractivity contribution in [1.29, 1.82) is 0 Å². The summed E-state index contributed by atoms with van der Waals surface area (Å²) in [4.78, 5) is 22.2. The highest BCUT2D eigenvalue weighted by Gasteiger charge is 2.31. The lowest BCUT2D eigenvalue weighted by molar-refractivity contribution is -0.386. The first kappa shape index (κ1) is 21.2. The van der Waals surface area contributed by atoms with Gasteiger partial charge in [-0.3, -0.25) is 20.2 Å². The lowest BCUT2D eigenvalue weighted by atomic mass is 9.89. The molecule has 0 bridgehead atoms. The second kappa shape index (κ2) is 8.85. The van der Waals surface area contributed by atoms with E-state index in [4.69, 9.17) is 18.9 Å². The van der Waals surface area contributed by atoms with E-state index < -0.39 is 15.8 Å². The summed E-state index contributed by atoms with van der Waals surface area (Å²) in [6.07, 6.45) is 0. The Morgan fingerprint density at radius 1 is 0.700 bits per heavy atom. The zero-order valence-electron chi connectivity index (χ0n) is 16.9. The molecule has 10 nitrogen and oxygen atoms in total. The maximum absolute atomic E-state index is 11.6. The summed E-state index contributed by atoms with van der Waals surface area (Å²) in [5.41, 5.74) is 0.185. The van der Waals surface area contributed by atoms with Crippen LogP contribution in [-0.4, -0.2) is 36.3 Å².